The molecule has 0 spiro atoms. The van der Waals surface area contributed by atoms with Gasteiger partial charge in [-0.2, -0.15) is 4.98 Å². The number of nitrogens with one attached hydrogen (secondary N) is 3. The number of amides is 2. The number of thiazole rings is 1. The topological polar surface area (TPSA) is 148 Å². The minimum atomic E-state index is -0.471. The number of hydrogen-bond donors (Lipinski definition) is 3. The summed E-state index contributed by atoms with van der Waals surface area (Å²) in [7, 11) is 1.96. The minimum Gasteiger partial charge on any atom is -0.459 e. The number of benzene rings is 1. The molecule has 11 nitrogen and oxygen atoms in total. The van der Waals surface area contributed by atoms with Gasteiger partial charge < -0.3 is 32.6 Å². The maximum absolute atomic E-state index is 12.4. The summed E-state index contributed by atoms with van der Waals surface area (Å²) in [6.45, 7) is 10.3. The molecule has 0 saturated heterocycles. The second kappa shape index (κ2) is 19.5. The van der Waals surface area contributed by atoms with Crippen LogP contribution in [-0.2, 0) is 9.53 Å². The van der Waals surface area contributed by atoms with Crippen LogP contribution >= 0.6 is 11.3 Å². The van der Waals surface area contributed by atoms with Gasteiger partial charge in [-0.25, -0.2) is 9.78 Å². The largest absolute Gasteiger partial charge is 1.00 e. The van der Waals surface area contributed by atoms with Gasteiger partial charge in [0.1, 0.15) is 4.88 Å². The van der Waals surface area contributed by atoms with E-state index in [1.165, 1.54) is 6.42 Å². The average Bonchev–Trinajstić information content (AvgIpc) is 3.44. The maximum atomic E-state index is 12.4. The Balaban J connectivity index is 0.00000189. The molecule has 39 heavy (non-hydrogen) atoms. The van der Waals surface area contributed by atoms with Gasteiger partial charge in [0.05, 0.1) is 11.8 Å². The zero-order valence-electron chi connectivity index (χ0n) is 24.0. The third-order valence-corrected chi connectivity index (χ3v) is 5.67. The van der Waals surface area contributed by atoms with Crippen molar-refractivity contribution in [3.8, 4) is 11.4 Å². The van der Waals surface area contributed by atoms with Crippen LogP contribution < -0.4 is 84.8 Å². The van der Waals surface area contributed by atoms with Crippen LogP contribution in [0.4, 0.5) is 5.13 Å². The van der Waals surface area contributed by atoms with Crippen molar-refractivity contribution in [3.63, 3.8) is 0 Å². The molecule has 1 aromatic carbocycles. The molecule has 3 rings (SSSR count). The maximum Gasteiger partial charge on any atom is 1.00 e. The summed E-state index contributed by atoms with van der Waals surface area (Å²) in [6, 6.07) is 6.79. The summed E-state index contributed by atoms with van der Waals surface area (Å²) >= 11 is 1.05. The van der Waals surface area contributed by atoms with Crippen molar-refractivity contribution in [1.82, 2.24) is 25.8 Å². The first-order valence-corrected chi connectivity index (χ1v) is 12.8. The number of carbonyl (C=O) groups excluding carboxylic acids is 3. The van der Waals surface area contributed by atoms with Gasteiger partial charge in [-0.3, -0.25) is 9.59 Å². The van der Waals surface area contributed by atoms with Crippen LogP contribution in [0.25, 0.3) is 11.4 Å². The molecule has 0 radical (unpaired) electrons. The molecule has 2 aromatic heterocycles. The zero-order chi connectivity index (χ0) is 27.4. The van der Waals surface area contributed by atoms with Crippen LogP contribution in [0.1, 0.15) is 65.2 Å². The van der Waals surface area contributed by atoms with Crippen molar-refractivity contribution >= 4 is 34.3 Å². The fourth-order valence-electron chi connectivity index (χ4n) is 2.95. The standard InChI is InChI=1S/C21H23N5O5S.C4H11N.CH3.Cs/c1-11(2)30-20(29)17-12(3)23-21(32-17)25-16(27)8-9-22-19(28)15-7-5-6-14(10-15)18-24-13(4)31-26-18;1-3-4-5-2;;/h5-7,10-11H,8-9H2,1-4H3,(H,22,28)(H,23,25,27);5H,3-4H2,1-2H3;1H3;/q;;-1;+1. The average molecular weight is 679 g/mol. The van der Waals surface area contributed by atoms with E-state index in [1.54, 1.807) is 52.0 Å². The Kier molecular flexibility index (Phi) is 18.7. The molecular formula is C26H37CsN6O5S. The molecule has 0 bridgehead atoms. The van der Waals surface area contributed by atoms with Gasteiger partial charge >= 0.3 is 74.9 Å². The Hall–Kier alpha value is -1.59. The normalized spacial score (nSPS) is 9.92. The second-order valence-corrected chi connectivity index (χ2v) is 9.26. The van der Waals surface area contributed by atoms with Crippen molar-refractivity contribution in [2.45, 2.75) is 53.6 Å². The summed E-state index contributed by atoms with van der Waals surface area (Å²) in [5, 5.41) is 12.5. The molecule has 0 saturated carbocycles. The van der Waals surface area contributed by atoms with E-state index in [2.05, 4.69) is 38.0 Å². The van der Waals surface area contributed by atoms with Crippen LogP contribution in [0.3, 0.4) is 0 Å². The number of rotatable bonds is 10. The van der Waals surface area contributed by atoms with Crippen molar-refractivity contribution in [3.05, 3.63) is 53.7 Å². The number of anilines is 1. The molecule has 13 heteroatoms. The molecule has 3 N–H and O–H groups in total. The van der Waals surface area contributed by atoms with E-state index in [0.717, 1.165) is 17.9 Å². The van der Waals surface area contributed by atoms with E-state index in [-0.39, 0.29) is 107 Å². The SMILES string of the molecule is CCCNC.Cc1nc(-c2cccc(C(=O)NCCC(=O)Nc3nc(C)c(C(=O)OC(C)C)s3)c2)no1.[CH3-].[Cs+]. The first-order valence-electron chi connectivity index (χ1n) is 12.0. The molecule has 2 heterocycles. The van der Waals surface area contributed by atoms with Crippen molar-refractivity contribution in [2.24, 2.45) is 0 Å². The molecule has 0 fully saturated rings. The zero-order valence-corrected chi connectivity index (χ0v) is 31.1. The van der Waals surface area contributed by atoms with E-state index >= 15 is 0 Å². The number of hydrogen-bond acceptors (Lipinski definition) is 10. The van der Waals surface area contributed by atoms with Gasteiger partial charge in [-0.05, 0) is 52.9 Å². The van der Waals surface area contributed by atoms with Crippen molar-refractivity contribution in [1.29, 1.82) is 0 Å². The molecule has 3 aromatic rings. The Morgan fingerprint density at radius 1 is 1.13 bits per heavy atom. The van der Waals surface area contributed by atoms with Gasteiger partial charge in [0, 0.05) is 31.0 Å². The summed E-state index contributed by atoms with van der Waals surface area (Å²) in [5.74, 6) is -0.310. The van der Waals surface area contributed by atoms with Gasteiger partial charge in [0.2, 0.25) is 17.6 Å². The Morgan fingerprint density at radius 2 is 1.85 bits per heavy atom. The summed E-state index contributed by atoms with van der Waals surface area (Å²) in [6.07, 6.45) is 1.03. The molecule has 208 valence electrons. The van der Waals surface area contributed by atoms with Gasteiger partial charge in [0.25, 0.3) is 5.91 Å². The van der Waals surface area contributed by atoms with E-state index in [9.17, 15) is 14.4 Å². The molecule has 0 aliphatic carbocycles. The van der Waals surface area contributed by atoms with Gasteiger partial charge in [-0.15, -0.1) is 0 Å². The monoisotopic (exact) mass is 678 g/mol. The first-order chi connectivity index (χ1) is 17.6. The van der Waals surface area contributed by atoms with Crippen molar-refractivity contribution < 1.29 is 92.5 Å². The van der Waals surface area contributed by atoms with E-state index in [1.807, 2.05) is 7.05 Å². The summed E-state index contributed by atoms with van der Waals surface area (Å²) in [5.41, 5.74) is 1.55. The first kappa shape index (κ1) is 37.4. The van der Waals surface area contributed by atoms with Crippen LogP contribution in [0.15, 0.2) is 28.8 Å². The molecule has 0 unspecified atom stereocenters. The third-order valence-electron chi connectivity index (χ3n) is 4.62. The van der Waals surface area contributed by atoms with Crippen LogP contribution in [-0.4, -0.2) is 59.1 Å². The van der Waals surface area contributed by atoms with Crippen molar-refractivity contribution in [2.75, 3.05) is 25.5 Å². The minimum absolute atomic E-state index is 0. The number of esters is 1. The Bertz CT molecular complexity index is 1200. The molecule has 0 atom stereocenters. The van der Waals surface area contributed by atoms with Crippen LogP contribution in [0, 0.1) is 21.3 Å². The van der Waals surface area contributed by atoms with Gasteiger partial charge in [-0.1, -0.05) is 35.5 Å². The molecular weight excluding hydrogens is 641 g/mol. The van der Waals surface area contributed by atoms with E-state index in [4.69, 9.17) is 9.26 Å². The predicted octanol–water partition coefficient (Wildman–Crippen LogP) is 1.20. The molecule has 0 aliphatic rings. The van der Waals surface area contributed by atoms with E-state index < -0.39 is 5.97 Å². The van der Waals surface area contributed by atoms with Crippen LogP contribution in [0.2, 0.25) is 0 Å². The van der Waals surface area contributed by atoms with E-state index in [0.29, 0.717) is 38.5 Å². The van der Waals surface area contributed by atoms with Crippen LogP contribution in [0.5, 0.6) is 0 Å². The quantitative estimate of drug-likeness (QED) is 0.213. The molecule has 0 aliphatic heterocycles. The number of ether oxygens (including phenoxy) is 1. The number of aromatic nitrogens is 3. The Morgan fingerprint density at radius 3 is 2.41 bits per heavy atom. The molecule has 2 amide bonds. The van der Waals surface area contributed by atoms with Gasteiger partial charge in [0.15, 0.2) is 5.13 Å². The Labute approximate surface area is 293 Å². The smallest absolute Gasteiger partial charge is 0.459 e. The fraction of sp³-hybridized carbons (Fsp3) is 0.423. The fourth-order valence-corrected chi connectivity index (χ4v) is 3.81. The number of aryl methyl sites for hydroxylation is 2. The summed E-state index contributed by atoms with van der Waals surface area (Å²) < 4.78 is 10.1. The number of carbonyl (C=O) groups is 3. The second-order valence-electron chi connectivity index (χ2n) is 8.26. The third kappa shape index (κ3) is 13.1. The predicted molar refractivity (Wildman–Crippen MR) is 148 cm³/mol. The number of nitrogens with zero attached hydrogens (tertiary/aromatic N) is 3. The summed E-state index contributed by atoms with van der Waals surface area (Å²) in [4.78, 5) is 45.3.